The summed E-state index contributed by atoms with van der Waals surface area (Å²) in [5, 5.41) is 17.5. The van der Waals surface area contributed by atoms with Crippen LogP contribution in [0.4, 0.5) is 0 Å². The van der Waals surface area contributed by atoms with Gasteiger partial charge in [-0.3, -0.25) is 4.79 Å². The summed E-state index contributed by atoms with van der Waals surface area (Å²) in [7, 11) is -3.42. The number of benzene rings is 1. The molecular weight excluding hydrogens is 382 g/mol. The molecule has 0 fully saturated rings. The normalized spacial score (nSPS) is 17.6. The second kappa shape index (κ2) is 6.48. The molecule has 2 aliphatic carbocycles. The topological polar surface area (TPSA) is 106 Å². The number of nitrogens with zero attached hydrogens (tertiary/aromatic N) is 2. The van der Waals surface area contributed by atoms with Crippen LogP contribution in [0.2, 0.25) is 0 Å². The van der Waals surface area contributed by atoms with E-state index in [0.29, 0.717) is 5.69 Å². The van der Waals surface area contributed by atoms with Crippen LogP contribution in [-0.2, 0) is 52.4 Å². The number of nitrogens with two attached hydrogens (primary N) is 1. The fraction of sp³-hybridized carbons (Fsp3) is 0.474. The fourth-order valence-corrected chi connectivity index (χ4v) is 6.01. The maximum atomic E-state index is 12.8. The summed E-state index contributed by atoms with van der Waals surface area (Å²) in [6, 6.07) is 2.28. The maximum Gasteiger partial charge on any atom is 0.259 e. The van der Waals surface area contributed by atoms with Gasteiger partial charge in [-0.2, -0.15) is 0 Å². The van der Waals surface area contributed by atoms with Crippen LogP contribution in [0.1, 0.15) is 53.8 Å². The number of carbonyl (C=O) groups excluding carboxylic acids is 1. The van der Waals surface area contributed by atoms with Gasteiger partial charge in [0, 0.05) is 5.38 Å². The third-order valence-corrected chi connectivity index (χ3v) is 8.00. The van der Waals surface area contributed by atoms with Gasteiger partial charge in [0.15, 0.2) is 9.92 Å². The number of rotatable bonds is 4. The molecule has 6 nitrogen and oxygen atoms in total. The molecule has 3 N–H and O–H groups in total. The van der Waals surface area contributed by atoms with E-state index in [-0.39, 0.29) is 10.8 Å². The Labute approximate surface area is 163 Å². The number of aromatic nitrogens is 1. The molecule has 0 spiro atoms. The number of hydrogen-bond acceptors (Lipinski definition) is 5. The highest BCUT2D eigenvalue weighted by Crippen LogP contribution is 2.36. The Balaban J connectivity index is 1.63. The van der Waals surface area contributed by atoms with Crippen LogP contribution in [0.15, 0.2) is 20.1 Å². The van der Waals surface area contributed by atoms with Gasteiger partial charge in [0.25, 0.3) is 5.91 Å². The van der Waals surface area contributed by atoms with Gasteiger partial charge in [-0.05, 0) is 73.8 Å². The summed E-state index contributed by atoms with van der Waals surface area (Å²) in [5.74, 6) is -0.475. The molecule has 1 unspecified atom stereocenters. The first-order valence-electron chi connectivity index (χ1n) is 9.06. The van der Waals surface area contributed by atoms with Crippen LogP contribution in [0.3, 0.4) is 0 Å². The number of thiazole rings is 1. The van der Waals surface area contributed by atoms with Crippen LogP contribution in [0, 0.1) is 0 Å². The summed E-state index contributed by atoms with van der Waals surface area (Å²) >= 11 is 1.05. The number of aryl methyl sites for hydroxylation is 2. The summed E-state index contributed by atoms with van der Waals surface area (Å²) < 4.78 is 16.7. The fourth-order valence-electron chi connectivity index (χ4n) is 3.82. The Morgan fingerprint density at radius 3 is 2.63 bits per heavy atom. The van der Waals surface area contributed by atoms with E-state index in [9.17, 15) is 14.1 Å². The number of carbonyl (C=O) groups is 1. The number of amides is 1. The molecule has 0 saturated heterocycles. The number of fused-ring (bicyclic) bond motifs is 2. The minimum absolute atomic E-state index is 0.0688. The molecule has 4 rings (SSSR count). The monoisotopic (exact) mass is 405 g/mol. The van der Waals surface area contributed by atoms with Gasteiger partial charge in [0.05, 0.1) is 12.1 Å². The van der Waals surface area contributed by atoms with Crippen LogP contribution in [-0.4, -0.2) is 20.2 Å². The third kappa shape index (κ3) is 3.47. The highest BCUT2D eigenvalue weighted by atomic mass is 32.2. The van der Waals surface area contributed by atoms with E-state index < -0.39 is 21.4 Å². The van der Waals surface area contributed by atoms with Gasteiger partial charge in [0.1, 0.15) is 5.60 Å². The average Bonchev–Trinajstić information content (AvgIpc) is 3.18. The van der Waals surface area contributed by atoms with Gasteiger partial charge in [-0.15, -0.1) is 15.7 Å². The van der Waals surface area contributed by atoms with Crippen LogP contribution in [0.5, 0.6) is 0 Å². The average molecular weight is 406 g/mol. The zero-order valence-electron chi connectivity index (χ0n) is 15.4. The third-order valence-electron chi connectivity index (χ3n) is 5.30. The van der Waals surface area contributed by atoms with Gasteiger partial charge in [-0.1, -0.05) is 6.07 Å². The summed E-state index contributed by atoms with van der Waals surface area (Å²) in [4.78, 5) is 16.7. The van der Waals surface area contributed by atoms with Crippen molar-refractivity contribution in [2.75, 3.05) is 0 Å². The molecule has 27 heavy (non-hydrogen) atoms. The van der Waals surface area contributed by atoms with Crippen LogP contribution in [0.25, 0.3) is 0 Å². The van der Waals surface area contributed by atoms with E-state index >= 15 is 0 Å². The highest BCUT2D eigenvalue weighted by molar-refractivity contribution is 7.93. The zero-order chi connectivity index (χ0) is 19.4. The largest absolute Gasteiger partial charge is 0.384 e. The quantitative estimate of drug-likeness (QED) is 0.815. The molecule has 2 aliphatic rings. The Bertz CT molecular complexity index is 1060. The Kier molecular flexibility index (Phi) is 4.50. The molecule has 1 atom stereocenters. The lowest BCUT2D eigenvalue weighted by molar-refractivity contribution is -0.117. The van der Waals surface area contributed by atoms with E-state index in [1.165, 1.54) is 22.3 Å². The van der Waals surface area contributed by atoms with Gasteiger partial charge in [0.2, 0.25) is 4.34 Å². The van der Waals surface area contributed by atoms with Crippen molar-refractivity contribution in [2.24, 2.45) is 9.50 Å². The maximum absolute atomic E-state index is 12.8. The molecule has 1 aromatic carbocycles. The predicted octanol–water partition coefficient (Wildman–Crippen LogP) is 2.43. The summed E-state index contributed by atoms with van der Waals surface area (Å²) in [6.07, 6.45) is 5.36. The lowest BCUT2D eigenvalue weighted by Gasteiger charge is -2.25. The number of aliphatic hydroxyl groups is 1. The van der Waals surface area contributed by atoms with E-state index in [2.05, 4.69) is 15.4 Å². The molecule has 1 amide bonds. The van der Waals surface area contributed by atoms with Crippen molar-refractivity contribution in [3.63, 3.8) is 0 Å². The molecule has 2 aromatic rings. The lowest BCUT2D eigenvalue weighted by Crippen LogP contribution is -2.20. The molecule has 0 radical (unpaired) electrons. The zero-order valence-corrected chi connectivity index (χ0v) is 17.1. The first-order chi connectivity index (χ1) is 12.6. The van der Waals surface area contributed by atoms with Gasteiger partial charge >= 0.3 is 0 Å². The van der Waals surface area contributed by atoms with E-state index in [4.69, 9.17) is 5.14 Å². The van der Waals surface area contributed by atoms with Crippen molar-refractivity contribution in [1.82, 2.24) is 4.98 Å². The van der Waals surface area contributed by atoms with Crippen molar-refractivity contribution in [3.05, 3.63) is 45.0 Å². The van der Waals surface area contributed by atoms with Crippen molar-refractivity contribution < 1.29 is 14.1 Å². The first kappa shape index (κ1) is 18.7. The highest BCUT2D eigenvalue weighted by Gasteiger charge is 2.27. The second-order valence-electron chi connectivity index (χ2n) is 7.77. The van der Waals surface area contributed by atoms with Gasteiger partial charge in [-0.25, -0.2) is 14.3 Å². The molecule has 8 heteroatoms. The van der Waals surface area contributed by atoms with E-state index in [0.717, 1.165) is 49.0 Å². The first-order valence-corrected chi connectivity index (χ1v) is 11.5. The minimum atomic E-state index is -3.42. The molecule has 1 heterocycles. The number of hydrogen-bond donors (Lipinski definition) is 2. The minimum Gasteiger partial charge on any atom is -0.384 e. The summed E-state index contributed by atoms with van der Waals surface area (Å²) in [6.45, 7) is 3.17. The SMILES string of the molecule is CC(C)(O)c1csc(S(N)(=O)=NC(=O)Cc2c3c(cc4c2CC4)CCC3)n1. The van der Waals surface area contributed by atoms with E-state index in [1.807, 2.05) is 0 Å². The molecule has 0 saturated carbocycles. The van der Waals surface area contributed by atoms with E-state index in [1.54, 1.807) is 19.2 Å². The van der Waals surface area contributed by atoms with Crippen molar-refractivity contribution in [1.29, 1.82) is 0 Å². The molecule has 0 bridgehead atoms. The second-order valence-corrected chi connectivity index (χ2v) is 10.6. The smallest absolute Gasteiger partial charge is 0.259 e. The Morgan fingerprint density at radius 2 is 2.00 bits per heavy atom. The molecule has 0 aliphatic heterocycles. The van der Waals surface area contributed by atoms with Crippen molar-refractivity contribution in [2.45, 2.75) is 62.3 Å². The molecule has 144 valence electrons. The predicted molar refractivity (Wildman–Crippen MR) is 105 cm³/mol. The van der Waals surface area contributed by atoms with Crippen LogP contribution < -0.4 is 5.14 Å². The Hall–Kier alpha value is -1.61. The molecule has 1 aromatic heterocycles. The van der Waals surface area contributed by atoms with Crippen molar-refractivity contribution in [3.8, 4) is 0 Å². The van der Waals surface area contributed by atoms with Gasteiger partial charge < -0.3 is 5.11 Å². The van der Waals surface area contributed by atoms with Crippen molar-refractivity contribution >= 4 is 27.2 Å². The Morgan fingerprint density at radius 1 is 1.30 bits per heavy atom. The lowest BCUT2D eigenvalue weighted by atomic mass is 9.80. The van der Waals surface area contributed by atoms with Crippen LogP contribution >= 0.6 is 11.3 Å². The summed E-state index contributed by atoms with van der Waals surface area (Å²) in [5.41, 5.74) is 5.50. The standard InChI is InChI=1S/C19H23N3O3S2/c1-19(2,24)16-10-26-18(21-16)27(20,25)22-17(23)9-15-13-5-3-4-11(13)8-12-6-7-14(12)15/h8,10,24H,3-7,9H2,1-2H3,(H2,20,22,23,25). The molecular formula is C19H23N3O3S2.